The van der Waals surface area contributed by atoms with Crippen LogP contribution in [0.2, 0.25) is 0 Å². The van der Waals surface area contributed by atoms with Gasteiger partial charge in [-0.2, -0.15) is 0 Å². The maximum absolute atomic E-state index is 11.9. The number of hydrogen-bond acceptors (Lipinski definition) is 4. The number of esters is 1. The van der Waals surface area contributed by atoms with Crippen molar-refractivity contribution in [1.29, 1.82) is 0 Å². The lowest BCUT2D eigenvalue weighted by molar-refractivity contribution is 0.0517. The Morgan fingerprint density at radius 1 is 1.35 bits per heavy atom. The number of nitrogens with zero attached hydrogens (tertiary/aromatic N) is 3. The second-order valence-corrected chi connectivity index (χ2v) is 3.94. The molecule has 0 spiro atoms. The molecule has 17 heavy (non-hydrogen) atoms. The van der Waals surface area contributed by atoms with Crippen molar-refractivity contribution in [1.82, 2.24) is 14.4 Å². The monoisotopic (exact) mass is 233 g/mol. The zero-order valence-electron chi connectivity index (χ0n) is 10.4. The van der Waals surface area contributed by atoms with Gasteiger partial charge in [-0.25, -0.2) is 14.8 Å². The van der Waals surface area contributed by atoms with E-state index in [0.29, 0.717) is 23.8 Å². The molecule has 0 aliphatic heterocycles. The summed E-state index contributed by atoms with van der Waals surface area (Å²) in [6.07, 6.45) is 0. The van der Waals surface area contributed by atoms with E-state index in [-0.39, 0.29) is 5.97 Å². The highest BCUT2D eigenvalue weighted by Crippen LogP contribution is 2.15. The normalized spacial score (nSPS) is 10.8. The van der Waals surface area contributed by atoms with E-state index in [4.69, 9.17) is 4.74 Å². The molecule has 0 radical (unpaired) electrons. The summed E-state index contributed by atoms with van der Waals surface area (Å²) < 4.78 is 6.77. The minimum atomic E-state index is -0.355. The van der Waals surface area contributed by atoms with Gasteiger partial charge < -0.3 is 4.74 Å². The number of rotatable bonds is 2. The summed E-state index contributed by atoms with van der Waals surface area (Å²) in [4.78, 5) is 20.5. The minimum absolute atomic E-state index is 0.351. The molecule has 2 aromatic rings. The van der Waals surface area contributed by atoms with Gasteiger partial charge in [0.15, 0.2) is 5.69 Å². The molecule has 0 saturated heterocycles. The fourth-order valence-corrected chi connectivity index (χ4v) is 1.92. The lowest BCUT2D eigenvalue weighted by atomic mass is 10.3. The Hall–Kier alpha value is -1.91. The Kier molecular flexibility index (Phi) is 2.83. The van der Waals surface area contributed by atoms with Crippen LogP contribution in [0, 0.1) is 20.8 Å². The second-order valence-electron chi connectivity index (χ2n) is 3.94. The predicted molar refractivity (Wildman–Crippen MR) is 63.2 cm³/mol. The number of hydrogen-bond donors (Lipinski definition) is 0. The molecule has 2 aromatic heterocycles. The van der Waals surface area contributed by atoms with Crippen molar-refractivity contribution in [2.45, 2.75) is 27.7 Å². The van der Waals surface area contributed by atoms with E-state index in [1.807, 2.05) is 19.9 Å². The Morgan fingerprint density at radius 2 is 2.06 bits per heavy atom. The average molecular weight is 233 g/mol. The van der Waals surface area contributed by atoms with Gasteiger partial charge in [0.25, 0.3) is 0 Å². The van der Waals surface area contributed by atoms with E-state index in [1.165, 1.54) is 0 Å². The van der Waals surface area contributed by atoms with Crippen LogP contribution in [0.15, 0.2) is 6.07 Å². The van der Waals surface area contributed by atoms with E-state index < -0.39 is 0 Å². The van der Waals surface area contributed by atoms with Crippen molar-refractivity contribution in [2.75, 3.05) is 6.61 Å². The minimum Gasteiger partial charge on any atom is -0.461 e. The molecule has 90 valence electrons. The highest BCUT2D eigenvalue weighted by Gasteiger charge is 2.19. The molecule has 0 fully saturated rings. The van der Waals surface area contributed by atoms with Gasteiger partial charge in [0.2, 0.25) is 5.78 Å². The van der Waals surface area contributed by atoms with Gasteiger partial charge in [-0.15, -0.1) is 0 Å². The number of imidazole rings is 1. The molecular weight excluding hydrogens is 218 g/mol. The lowest BCUT2D eigenvalue weighted by Crippen LogP contribution is -2.11. The van der Waals surface area contributed by atoms with Gasteiger partial charge in [-0.3, -0.25) is 4.40 Å². The molecule has 0 aliphatic rings. The summed E-state index contributed by atoms with van der Waals surface area (Å²) in [7, 11) is 0. The fourth-order valence-electron chi connectivity index (χ4n) is 1.92. The highest BCUT2D eigenvalue weighted by molar-refractivity contribution is 5.89. The second kappa shape index (κ2) is 4.16. The fraction of sp³-hybridized carbons (Fsp3) is 0.417. The first-order valence-corrected chi connectivity index (χ1v) is 5.55. The molecule has 2 rings (SSSR count). The zero-order chi connectivity index (χ0) is 12.6. The number of fused-ring (bicyclic) bond motifs is 1. The number of aromatic nitrogens is 3. The summed E-state index contributed by atoms with van der Waals surface area (Å²) in [6.45, 7) is 7.75. The third-order valence-corrected chi connectivity index (χ3v) is 2.55. The topological polar surface area (TPSA) is 56.5 Å². The maximum atomic E-state index is 11.9. The van der Waals surface area contributed by atoms with Crippen LogP contribution in [0.5, 0.6) is 0 Å². The first-order valence-electron chi connectivity index (χ1n) is 5.55. The van der Waals surface area contributed by atoms with Crippen LogP contribution in [-0.4, -0.2) is 26.9 Å². The molecule has 5 heteroatoms. The summed E-state index contributed by atoms with van der Waals surface area (Å²) >= 11 is 0. The number of aryl methyl sites for hydroxylation is 3. The van der Waals surface area contributed by atoms with E-state index >= 15 is 0 Å². The van der Waals surface area contributed by atoms with Crippen LogP contribution in [0.25, 0.3) is 5.78 Å². The molecular formula is C12H15N3O2. The molecule has 0 aliphatic carbocycles. The zero-order valence-corrected chi connectivity index (χ0v) is 10.4. The predicted octanol–water partition coefficient (Wildman–Crippen LogP) is 1.83. The van der Waals surface area contributed by atoms with Crippen molar-refractivity contribution in [3.8, 4) is 0 Å². The summed E-state index contributed by atoms with van der Waals surface area (Å²) in [5.74, 6) is 0.189. The van der Waals surface area contributed by atoms with E-state index in [0.717, 1.165) is 11.4 Å². The van der Waals surface area contributed by atoms with Gasteiger partial charge in [-0.05, 0) is 33.8 Å². The van der Waals surface area contributed by atoms with E-state index in [1.54, 1.807) is 18.2 Å². The van der Waals surface area contributed by atoms with Crippen LogP contribution in [0.1, 0.15) is 34.5 Å². The van der Waals surface area contributed by atoms with E-state index in [9.17, 15) is 4.79 Å². The lowest BCUT2D eigenvalue weighted by Gasteiger charge is -2.05. The van der Waals surface area contributed by atoms with Crippen molar-refractivity contribution in [3.05, 3.63) is 28.8 Å². The van der Waals surface area contributed by atoms with Gasteiger partial charge in [0, 0.05) is 11.4 Å². The van der Waals surface area contributed by atoms with Crippen LogP contribution in [0.3, 0.4) is 0 Å². The molecule has 2 heterocycles. The number of carbonyl (C=O) groups excluding carboxylic acids is 1. The quantitative estimate of drug-likeness (QED) is 0.742. The van der Waals surface area contributed by atoms with Gasteiger partial charge >= 0.3 is 5.97 Å². The first kappa shape index (κ1) is 11.6. The van der Waals surface area contributed by atoms with Crippen molar-refractivity contribution in [2.24, 2.45) is 0 Å². The Morgan fingerprint density at radius 3 is 2.71 bits per heavy atom. The smallest absolute Gasteiger partial charge is 0.357 e. The molecule has 0 bridgehead atoms. The van der Waals surface area contributed by atoms with Gasteiger partial charge in [-0.1, -0.05) is 0 Å². The van der Waals surface area contributed by atoms with Crippen LogP contribution in [-0.2, 0) is 4.74 Å². The van der Waals surface area contributed by atoms with Crippen molar-refractivity contribution >= 4 is 11.7 Å². The molecule has 5 nitrogen and oxygen atoms in total. The SMILES string of the molecule is CCOC(=O)c1c(C)nc2nc(C)cc(C)n12. The van der Waals surface area contributed by atoms with Crippen LogP contribution >= 0.6 is 0 Å². The highest BCUT2D eigenvalue weighted by atomic mass is 16.5. The molecule has 0 amide bonds. The van der Waals surface area contributed by atoms with Crippen LogP contribution in [0.4, 0.5) is 0 Å². The number of carbonyl (C=O) groups is 1. The Labute approximate surface area is 99.5 Å². The summed E-state index contributed by atoms with van der Waals surface area (Å²) in [6, 6.07) is 1.91. The molecule has 0 atom stereocenters. The maximum Gasteiger partial charge on any atom is 0.357 e. The van der Waals surface area contributed by atoms with Crippen molar-refractivity contribution < 1.29 is 9.53 Å². The van der Waals surface area contributed by atoms with E-state index in [2.05, 4.69) is 9.97 Å². The Bertz CT molecular complexity index is 587. The molecule has 0 aromatic carbocycles. The number of ether oxygens (including phenoxy) is 1. The molecule has 0 N–H and O–H groups in total. The van der Waals surface area contributed by atoms with Crippen LogP contribution < -0.4 is 0 Å². The van der Waals surface area contributed by atoms with Gasteiger partial charge in [0.05, 0.1) is 12.3 Å². The molecule has 0 unspecified atom stereocenters. The standard InChI is InChI=1S/C12H15N3O2/c1-5-17-11(16)10-9(4)14-12-13-7(2)6-8(3)15(10)12/h6H,5H2,1-4H3. The first-order chi connectivity index (χ1) is 8.04. The molecule has 0 saturated carbocycles. The largest absolute Gasteiger partial charge is 0.461 e. The third kappa shape index (κ3) is 1.88. The van der Waals surface area contributed by atoms with Gasteiger partial charge in [0.1, 0.15) is 0 Å². The van der Waals surface area contributed by atoms with Crippen molar-refractivity contribution in [3.63, 3.8) is 0 Å². The third-order valence-electron chi connectivity index (χ3n) is 2.55. The summed E-state index contributed by atoms with van der Waals surface area (Å²) in [5, 5.41) is 0. The summed E-state index contributed by atoms with van der Waals surface area (Å²) in [5.41, 5.74) is 2.92. The average Bonchev–Trinajstić information content (AvgIpc) is 2.54. The Balaban J connectivity index is 2.71.